The van der Waals surface area contributed by atoms with Crippen LogP contribution in [0.15, 0.2) is 60.7 Å². The Bertz CT molecular complexity index is 1170. The summed E-state index contributed by atoms with van der Waals surface area (Å²) in [4.78, 5) is 35.0. The van der Waals surface area contributed by atoms with E-state index < -0.39 is 17.5 Å². The molecule has 0 atom stereocenters. The van der Waals surface area contributed by atoms with Crippen LogP contribution in [0.3, 0.4) is 0 Å². The van der Waals surface area contributed by atoms with Crippen molar-refractivity contribution in [1.29, 1.82) is 0 Å². The van der Waals surface area contributed by atoms with Gasteiger partial charge in [0.25, 0.3) is 5.69 Å². The van der Waals surface area contributed by atoms with Crippen molar-refractivity contribution in [3.63, 3.8) is 0 Å². The molecule has 0 fully saturated rings. The highest BCUT2D eigenvalue weighted by molar-refractivity contribution is 6.01. The van der Waals surface area contributed by atoms with Crippen LogP contribution in [-0.4, -0.2) is 23.3 Å². The summed E-state index contributed by atoms with van der Waals surface area (Å²) in [6.45, 7) is -0.461. The van der Waals surface area contributed by atoms with Crippen LogP contribution in [0.4, 0.5) is 11.4 Å². The summed E-state index contributed by atoms with van der Waals surface area (Å²) in [7, 11) is 0. The lowest BCUT2D eigenvalue weighted by molar-refractivity contribution is -0.383. The molecule has 7 heteroatoms. The number of benzene rings is 3. The van der Waals surface area contributed by atoms with Gasteiger partial charge in [0, 0.05) is 11.6 Å². The molecule has 0 amide bonds. The fourth-order valence-corrected chi connectivity index (χ4v) is 3.42. The van der Waals surface area contributed by atoms with E-state index in [2.05, 4.69) is 6.07 Å². The first-order valence-corrected chi connectivity index (χ1v) is 8.89. The van der Waals surface area contributed by atoms with Gasteiger partial charge in [0.05, 0.1) is 10.5 Å². The fourth-order valence-electron chi connectivity index (χ4n) is 3.42. The molecule has 1 aliphatic rings. The SMILES string of the molecule is Nc1ccc(C(=O)OCC(=O)c2ccc3c(c2)-c2ccccc2C3)cc1[N+](=O)[O-]. The Morgan fingerprint density at radius 3 is 2.48 bits per heavy atom. The van der Waals surface area contributed by atoms with Gasteiger partial charge in [0.2, 0.25) is 0 Å². The van der Waals surface area contributed by atoms with Crippen LogP contribution >= 0.6 is 0 Å². The average molecular weight is 388 g/mol. The van der Waals surface area contributed by atoms with E-state index >= 15 is 0 Å². The number of nitrogens with zero attached hydrogens (tertiary/aromatic N) is 1. The number of hydrogen-bond acceptors (Lipinski definition) is 6. The van der Waals surface area contributed by atoms with Crippen molar-refractivity contribution in [3.8, 4) is 11.1 Å². The first-order valence-electron chi connectivity index (χ1n) is 8.89. The molecule has 1 aliphatic carbocycles. The molecule has 3 aromatic carbocycles. The lowest BCUT2D eigenvalue weighted by Gasteiger charge is -2.07. The van der Waals surface area contributed by atoms with Crippen molar-refractivity contribution < 1.29 is 19.2 Å². The van der Waals surface area contributed by atoms with Crippen molar-refractivity contribution in [2.24, 2.45) is 0 Å². The van der Waals surface area contributed by atoms with Crippen molar-refractivity contribution in [2.75, 3.05) is 12.3 Å². The standard InChI is InChI=1S/C22H16N2O5/c23-19-8-7-16(11-20(19)24(27)28)22(26)29-12-21(25)15-6-5-14-9-13-3-1-2-4-17(13)18(14)10-15/h1-8,10-11H,9,12,23H2. The number of fused-ring (bicyclic) bond motifs is 3. The summed E-state index contributed by atoms with van der Waals surface area (Å²) in [5.74, 6) is -1.18. The minimum Gasteiger partial charge on any atom is -0.454 e. The van der Waals surface area contributed by atoms with Gasteiger partial charge in [-0.15, -0.1) is 0 Å². The zero-order valence-corrected chi connectivity index (χ0v) is 15.3. The first-order chi connectivity index (χ1) is 13.9. The summed E-state index contributed by atoms with van der Waals surface area (Å²) < 4.78 is 5.06. The van der Waals surface area contributed by atoms with E-state index in [0.29, 0.717) is 5.56 Å². The van der Waals surface area contributed by atoms with Gasteiger partial charge >= 0.3 is 5.97 Å². The Labute approximate surface area is 165 Å². The monoisotopic (exact) mass is 388 g/mol. The second-order valence-corrected chi connectivity index (χ2v) is 6.74. The lowest BCUT2D eigenvalue weighted by Crippen LogP contribution is -2.14. The molecule has 29 heavy (non-hydrogen) atoms. The van der Waals surface area contributed by atoms with E-state index in [4.69, 9.17) is 10.5 Å². The van der Waals surface area contributed by atoms with Gasteiger partial charge in [0.15, 0.2) is 12.4 Å². The minimum atomic E-state index is -0.826. The maximum atomic E-state index is 12.5. The number of carbonyl (C=O) groups is 2. The van der Waals surface area contributed by atoms with Gasteiger partial charge < -0.3 is 10.5 Å². The number of ketones is 1. The molecule has 4 rings (SSSR count). The number of nitro benzene ring substituents is 1. The zero-order valence-electron chi connectivity index (χ0n) is 15.3. The minimum absolute atomic E-state index is 0.0402. The number of ether oxygens (including phenoxy) is 1. The Balaban J connectivity index is 1.48. The molecule has 0 aromatic heterocycles. The molecule has 0 bridgehead atoms. The zero-order chi connectivity index (χ0) is 20.5. The van der Waals surface area contributed by atoms with Gasteiger partial charge in [0.1, 0.15) is 5.69 Å². The number of nitrogen functional groups attached to an aromatic ring is 1. The molecule has 0 saturated carbocycles. The average Bonchev–Trinajstić information content (AvgIpc) is 3.09. The molecule has 2 N–H and O–H groups in total. The molecule has 144 valence electrons. The maximum absolute atomic E-state index is 12.5. The molecule has 0 heterocycles. The molecule has 0 spiro atoms. The van der Waals surface area contributed by atoms with Crippen LogP contribution in [0.25, 0.3) is 11.1 Å². The number of esters is 1. The second kappa shape index (κ2) is 7.20. The summed E-state index contributed by atoms with van der Waals surface area (Å²) in [6.07, 6.45) is 0.824. The molecule has 0 saturated heterocycles. The maximum Gasteiger partial charge on any atom is 0.338 e. The predicted molar refractivity (Wildman–Crippen MR) is 107 cm³/mol. The van der Waals surface area contributed by atoms with E-state index in [1.165, 1.54) is 17.7 Å². The van der Waals surface area contributed by atoms with Crippen molar-refractivity contribution in [3.05, 3.63) is 93.0 Å². The summed E-state index contributed by atoms with van der Waals surface area (Å²) >= 11 is 0. The Morgan fingerprint density at radius 1 is 0.966 bits per heavy atom. The Hall–Kier alpha value is -4.00. The molecule has 0 unspecified atom stereocenters. The van der Waals surface area contributed by atoms with Crippen LogP contribution in [-0.2, 0) is 11.2 Å². The Kier molecular flexibility index (Phi) is 4.56. The Morgan fingerprint density at radius 2 is 1.69 bits per heavy atom. The van der Waals surface area contributed by atoms with Gasteiger partial charge in [-0.25, -0.2) is 4.79 Å². The van der Waals surface area contributed by atoms with E-state index in [1.807, 2.05) is 30.3 Å². The quantitative estimate of drug-likeness (QED) is 0.183. The highest BCUT2D eigenvalue weighted by atomic mass is 16.6. The van der Waals surface area contributed by atoms with Crippen LogP contribution in [0.1, 0.15) is 31.8 Å². The second-order valence-electron chi connectivity index (χ2n) is 6.74. The fraction of sp³-hybridized carbons (Fsp3) is 0.0909. The smallest absolute Gasteiger partial charge is 0.338 e. The van der Waals surface area contributed by atoms with Crippen molar-refractivity contribution in [1.82, 2.24) is 0 Å². The van der Waals surface area contributed by atoms with Crippen LogP contribution < -0.4 is 5.73 Å². The van der Waals surface area contributed by atoms with E-state index in [1.54, 1.807) is 6.07 Å². The van der Waals surface area contributed by atoms with E-state index in [-0.39, 0.29) is 22.7 Å². The van der Waals surface area contributed by atoms with Crippen molar-refractivity contribution in [2.45, 2.75) is 6.42 Å². The van der Waals surface area contributed by atoms with E-state index in [9.17, 15) is 19.7 Å². The number of nitro groups is 1. The van der Waals surface area contributed by atoms with Gasteiger partial charge in [-0.05, 0) is 46.9 Å². The summed E-state index contributed by atoms with van der Waals surface area (Å²) in [6, 6.07) is 17.1. The molecular formula is C22H16N2O5. The van der Waals surface area contributed by atoms with Crippen LogP contribution in [0, 0.1) is 10.1 Å². The van der Waals surface area contributed by atoms with Crippen molar-refractivity contribution >= 4 is 23.1 Å². The molecule has 7 nitrogen and oxygen atoms in total. The van der Waals surface area contributed by atoms with E-state index in [0.717, 1.165) is 29.2 Å². The third kappa shape index (κ3) is 3.45. The molecule has 3 aromatic rings. The van der Waals surface area contributed by atoms with Gasteiger partial charge in [-0.1, -0.05) is 36.4 Å². The van der Waals surface area contributed by atoms with Crippen LogP contribution in [0.2, 0.25) is 0 Å². The predicted octanol–water partition coefficient (Wildman–Crippen LogP) is 3.79. The lowest BCUT2D eigenvalue weighted by atomic mass is 10.0. The number of carbonyl (C=O) groups excluding carboxylic acids is 2. The number of nitrogens with two attached hydrogens (primary N) is 1. The largest absolute Gasteiger partial charge is 0.454 e. The molecule has 0 radical (unpaired) electrons. The molecule has 0 aliphatic heterocycles. The number of hydrogen-bond donors (Lipinski definition) is 1. The number of rotatable bonds is 5. The number of anilines is 1. The topological polar surface area (TPSA) is 113 Å². The first kappa shape index (κ1) is 18.4. The number of Topliss-reactive ketones (excluding diaryl/α,β-unsaturated/α-hetero) is 1. The highest BCUT2D eigenvalue weighted by Gasteiger charge is 2.21. The van der Waals surface area contributed by atoms with Crippen LogP contribution in [0.5, 0.6) is 0 Å². The summed E-state index contributed by atoms with van der Waals surface area (Å²) in [5.41, 5.74) is 9.95. The van der Waals surface area contributed by atoms with Gasteiger partial charge in [-0.3, -0.25) is 14.9 Å². The third-order valence-corrected chi connectivity index (χ3v) is 4.92. The highest BCUT2D eigenvalue weighted by Crippen LogP contribution is 2.36. The third-order valence-electron chi connectivity index (χ3n) is 4.92. The van der Waals surface area contributed by atoms with Gasteiger partial charge in [-0.2, -0.15) is 0 Å². The normalized spacial score (nSPS) is 11.4. The summed E-state index contributed by atoms with van der Waals surface area (Å²) in [5, 5.41) is 10.9. The molecular weight excluding hydrogens is 372 g/mol.